The molecule has 0 heterocycles. The predicted molar refractivity (Wildman–Crippen MR) is 46.1 cm³/mol. The minimum atomic E-state index is -3.55. The molecule has 4 nitrogen and oxygen atoms in total. The van der Waals surface area contributed by atoms with Crippen molar-refractivity contribution < 1.29 is 9.46 Å². The molecular formula is C6H17N2O2P. The van der Waals surface area contributed by atoms with Crippen LogP contribution in [0.15, 0.2) is 0 Å². The monoisotopic (exact) mass is 180 g/mol. The van der Waals surface area contributed by atoms with Gasteiger partial charge in [-0.25, -0.2) is 10.2 Å². The quantitative estimate of drug-likeness (QED) is 0.639. The molecule has 0 fully saturated rings. The third-order valence-electron chi connectivity index (χ3n) is 1.39. The predicted octanol–water partition coefficient (Wildman–Crippen LogP) is 1.16. The SMILES string of the molecule is CC(C)N(C(C)C)P(N)(=O)O. The highest BCUT2D eigenvalue weighted by Gasteiger charge is 2.28. The van der Waals surface area contributed by atoms with Crippen LogP contribution in [0.4, 0.5) is 0 Å². The Morgan fingerprint density at radius 1 is 1.27 bits per heavy atom. The summed E-state index contributed by atoms with van der Waals surface area (Å²) in [6, 6.07) is -0.00772. The van der Waals surface area contributed by atoms with Crippen molar-refractivity contribution in [3.8, 4) is 0 Å². The Morgan fingerprint density at radius 2 is 1.55 bits per heavy atom. The second-order valence-electron chi connectivity index (χ2n) is 3.16. The van der Waals surface area contributed by atoms with Crippen LogP contribution in [0.25, 0.3) is 0 Å². The largest absolute Gasteiger partial charge is 0.338 e. The second kappa shape index (κ2) is 3.68. The van der Waals surface area contributed by atoms with Crippen molar-refractivity contribution in [1.82, 2.24) is 4.67 Å². The standard InChI is InChI=1S/C6H17N2O2P/c1-5(2)8(6(3)4)11(7,9)10/h5-6H,1-4H3,(H3,7,9,10). The Labute approximate surface area is 67.9 Å². The summed E-state index contributed by atoms with van der Waals surface area (Å²) in [5.41, 5.74) is 5.12. The van der Waals surface area contributed by atoms with Gasteiger partial charge in [-0.1, -0.05) is 0 Å². The fourth-order valence-corrected chi connectivity index (χ4v) is 2.58. The topological polar surface area (TPSA) is 66.6 Å². The lowest BCUT2D eigenvalue weighted by atomic mass is 10.3. The summed E-state index contributed by atoms with van der Waals surface area (Å²) >= 11 is 0. The van der Waals surface area contributed by atoms with Crippen LogP contribution in [-0.4, -0.2) is 21.6 Å². The lowest BCUT2D eigenvalue weighted by molar-refractivity contribution is 0.263. The van der Waals surface area contributed by atoms with Gasteiger partial charge >= 0.3 is 7.67 Å². The van der Waals surface area contributed by atoms with Crippen LogP contribution < -0.4 is 5.50 Å². The fraction of sp³-hybridized carbons (Fsp3) is 1.00. The van der Waals surface area contributed by atoms with Crippen LogP contribution in [-0.2, 0) is 4.57 Å². The first kappa shape index (κ1) is 11.1. The molecule has 0 aromatic carbocycles. The molecule has 0 aromatic heterocycles. The van der Waals surface area contributed by atoms with Gasteiger partial charge in [0.2, 0.25) is 0 Å². The van der Waals surface area contributed by atoms with Crippen LogP contribution in [0, 0.1) is 0 Å². The molecule has 0 radical (unpaired) electrons. The molecule has 0 rings (SSSR count). The van der Waals surface area contributed by atoms with Crippen molar-refractivity contribution in [1.29, 1.82) is 0 Å². The summed E-state index contributed by atoms with van der Waals surface area (Å²) < 4.78 is 12.5. The van der Waals surface area contributed by atoms with E-state index in [1.807, 2.05) is 27.7 Å². The summed E-state index contributed by atoms with van der Waals surface area (Å²) in [4.78, 5) is 9.08. The molecule has 3 N–H and O–H groups in total. The first-order chi connectivity index (χ1) is 4.76. The van der Waals surface area contributed by atoms with E-state index in [0.717, 1.165) is 0 Å². The average molecular weight is 180 g/mol. The highest BCUT2D eigenvalue weighted by atomic mass is 31.2. The lowest BCUT2D eigenvalue weighted by Crippen LogP contribution is -2.36. The second-order valence-corrected chi connectivity index (χ2v) is 4.80. The Bertz CT molecular complexity index is 156. The summed E-state index contributed by atoms with van der Waals surface area (Å²) in [5, 5.41) is 0. The van der Waals surface area contributed by atoms with Gasteiger partial charge in [-0.3, -0.25) is 4.57 Å². The molecule has 0 amide bonds. The Morgan fingerprint density at radius 3 is 1.55 bits per heavy atom. The smallest absolute Gasteiger partial charge is 0.322 e. The molecule has 0 aromatic rings. The van der Waals surface area contributed by atoms with Gasteiger partial charge in [-0.2, -0.15) is 0 Å². The maximum absolute atomic E-state index is 11.1. The van der Waals surface area contributed by atoms with Gasteiger partial charge in [0.05, 0.1) is 0 Å². The molecule has 0 saturated heterocycles. The number of hydrogen-bond acceptors (Lipinski definition) is 1. The van der Waals surface area contributed by atoms with Gasteiger partial charge in [0.25, 0.3) is 0 Å². The van der Waals surface area contributed by atoms with E-state index in [-0.39, 0.29) is 12.1 Å². The van der Waals surface area contributed by atoms with E-state index >= 15 is 0 Å². The summed E-state index contributed by atoms with van der Waals surface area (Å²) in [6.45, 7) is 7.37. The minimum absolute atomic E-state index is 0.00386. The Hall–Kier alpha value is 0.110. The number of nitrogens with zero attached hydrogens (tertiary/aromatic N) is 1. The maximum atomic E-state index is 11.1. The molecule has 0 saturated carbocycles. The zero-order valence-electron chi connectivity index (χ0n) is 7.48. The van der Waals surface area contributed by atoms with Gasteiger partial charge in [0.1, 0.15) is 0 Å². The first-order valence-corrected chi connectivity index (χ1v) is 5.35. The van der Waals surface area contributed by atoms with Gasteiger partial charge in [-0.05, 0) is 27.7 Å². The molecule has 0 aliphatic heterocycles. The van der Waals surface area contributed by atoms with Gasteiger partial charge in [0.15, 0.2) is 0 Å². The van der Waals surface area contributed by atoms with Crippen molar-refractivity contribution in [3.63, 3.8) is 0 Å². The lowest BCUT2D eigenvalue weighted by Gasteiger charge is -2.31. The molecule has 0 bridgehead atoms. The van der Waals surface area contributed by atoms with Crippen molar-refractivity contribution >= 4 is 7.67 Å². The van der Waals surface area contributed by atoms with Crippen molar-refractivity contribution in [2.45, 2.75) is 39.8 Å². The average Bonchev–Trinajstić information content (AvgIpc) is 1.54. The van der Waals surface area contributed by atoms with E-state index in [9.17, 15) is 4.57 Å². The maximum Gasteiger partial charge on any atom is 0.338 e. The van der Waals surface area contributed by atoms with Crippen LogP contribution in [0.2, 0.25) is 0 Å². The highest BCUT2D eigenvalue weighted by molar-refractivity contribution is 7.52. The Kier molecular flexibility index (Phi) is 3.71. The molecule has 5 heteroatoms. The molecule has 1 unspecified atom stereocenters. The number of nitrogens with two attached hydrogens (primary N) is 1. The van der Waals surface area contributed by atoms with Crippen molar-refractivity contribution in [2.24, 2.45) is 5.50 Å². The van der Waals surface area contributed by atoms with Crippen molar-refractivity contribution in [2.75, 3.05) is 0 Å². The molecule has 1 atom stereocenters. The van der Waals surface area contributed by atoms with E-state index in [4.69, 9.17) is 10.4 Å². The van der Waals surface area contributed by atoms with E-state index in [1.165, 1.54) is 4.67 Å². The zero-order chi connectivity index (χ0) is 9.23. The molecular weight excluding hydrogens is 163 g/mol. The fourth-order valence-electron chi connectivity index (χ4n) is 1.26. The van der Waals surface area contributed by atoms with E-state index in [0.29, 0.717) is 0 Å². The molecule has 0 spiro atoms. The van der Waals surface area contributed by atoms with Crippen molar-refractivity contribution in [3.05, 3.63) is 0 Å². The van der Waals surface area contributed by atoms with Gasteiger partial charge in [-0.15, -0.1) is 0 Å². The first-order valence-electron chi connectivity index (χ1n) is 3.67. The summed E-state index contributed by atoms with van der Waals surface area (Å²) in [5.74, 6) is 0. The van der Waals surface area contributed by atoms with E-state index in [1.54, 1.807) is 0 Å². The van der Waals surface area contributed by atoms with Crippen LogP contribution in [0.3, 0.4) is 0 Å². The molecule has 68 valence electrons. The van der Waals surface area contributed by atoms with E-state index < -0.39 is 7.67 Å². The third-order valence-corrected chi connectivity index (χ3v) is 2.97. The van der Waals surface area contributed by atoms with Gasteiger partial charge < -0.3 is 4.89 Å². The Balaban J connectivity index is 4.49. The summed E-state index contributed by atoms with van der Waals surface area (Å²) in [7, 11) is -3.55. The van der Waals surface area contributed by atoms with Crippen LogP contribution >= 0.6 is 7.67 Å². The summed E-state index contributed by atoms with van der Waals surface area (Å²) in [6.07, 6.45) is 0. The zero-order valence-corrected chi connectivity index (χ0v) is 8.38. The third kappa shape index (κ3) is 3.34. The van der Waals surface area contributed by atoms with Crippen LogP contribution in [0.1, 0.15) is 27.7 Å². The molecule has 0 aliphatic rings. The number of rotatable bonds is 3. The van der Waals surface area contributed by atoms with Crippen LogP contribution in [0.5, 0.6) is 0 Å². The number of hydrogen-bond donors (Lipinski definition) is 2. The molecule has 11 heavy (non-hydrogen) atoms. The highest BCUT2D eigenvalue weighted by Crippen LogP contribution is 2.39. The normalized spacial score (nSPS) is 17.9. The minimum Gasteiger partial charge on any atom is -0.322 e. The van der Waals surface area contributed by atoms with E-state index in [2.05, 4.69) is 0 Å². The van der Waals surface area contributed by atoms with Gasteiger partial charge in [0, 0.05) is 12.1 Å². The molecule has 0 aliphatic carbocycles.